The first-order valence-electron chi connectivity index (χ1n) is 10.2. The standard InChI is InChI=1S/C21H36N2O6/c22-8-10-25-12-14-27-16-18-29-19-17-28-15-13-26-11-9-23-21(24)7-6-20-4-2-1-3-5-20/h1-5H,6-19,22H2,(H,23,24). The van der Waals surface area contributed by atoms with Crippen LogP contribution in [0.3, 0.4) is 0 Å². The fourth-order valence-electron chi connectivity index (χ4n) is 2.32. The fraction of sp³-hybridized carbons (Fsp3) is 0.667. The number of ether oxygens (including phenoxy) is 5. The van der Waals surface area contributed by atoms with Crippen LogP contribution in [0, 0.1) is 0 Å². The smallest absolute Gasteiger partial charge is 0.220 e. The summed E-state index contributed by atoms with van der Waals surface area (Å²) in [6.45, 7) is 6.26. The van der Waals surface area contributed by atoms with E-state index in [1.165, 1.54) is 5.56 Å². The number of nitrogens with two attached hydrogens (primary N) is 1. The molecule has 0 spiro atoms. The molecule has 0 heterocycles. The third-order valence-electron chi connectivity index (χ3n) is 3.80. The van der Waals surface area contributed by atoms with Crippen molar-refractivity contribution in [3.8, 4) is 0 Å². The van der Waals surface area contributed by atoms with Crippen LogP contribution in [0.15, 0.2) is 30.3 Å². The third-order valence-corrected chi connectivity index (χ3v) is 3.80. The lowest BCUT2D eigenvalue weighted by Gasteiger charge is -2.08. The molecule has 0 aliphatic heterocycles. The van der Waals surface area contributed by atoms with Crippen molar-refractivity contribution in [3.05, 3.63) is 35.9 Å². The van der Waals surface area contributed by atoms with Gasteiger partial charge in [-0.1, -0.05) is 30.3 Å². The van der Waals surface area contributed by atoms with Crippen LogP contribution in [0.25, 0.3) is 0 Å². The molecule has 0 radical (unpaired) electrons. The van der Waals surface area contributed by atoms with Crippen molar-refractivity contribution in [1.29, 1.82) is 0 Å². The zero-order chi connectivity index (χ0) is 20.8. The molecule has 0 saturated heterocycles. The first-order valence-corrected chi connectivity index (χ1v) is 10.2. The van der Waals surface area contributed by atoms with Crippen LogP contribution in [0.5, 0.6) is 0 Å². The van der Waals surface area contributed by atoms with Crippen LogP contribution >= 0.6 is 0 Å². The van der Waals surface area contributed by atoms with Crippen molar-refractivity contribution < 1.29 is 28.5 Å². The van der Waals surface area contributed by atoms with Gasteiger partial charge in [0.1, 0.15) is 0 Å². The lowest BCUT2D eigenvalue weighted by molar-refractivity contribution is -0.121. The normalized spacial score (nSPS) is 10.9. The number of benzene rings is 1. The van der Waals surface area contributed by atoms with E-state index in [0.717, 1.165) is 6.42 Å². The quantitative estimate of drug-likeness (QED) is 0.305. The molecule has 0 bridgehead atoms. The molecular weight excluding hydrogens is 376 g/mol. The maximum atomic E-state index is 11.8. The number of carbonyl (C=O) groups excluding carboxylic acids is 1. The second-order valence-corrected chi connectivity index (χ2v) is 6.19. The molecule has 0 aliphatic carbocycles. The Morgan fingerprint density at radius 3 is 1.72 bits per heavy atom. The summed E-state index contributed by atoms with van der Waals surface area (Å²) < 4.78 is 26.7. The van der Waals surface area contributed by atoms with Gasteiger partial charge in [-0.15, -0.1) is 0 Å². The van der Waals surface area contributed by atoms with Crippen LogP contribution in [0.4, 0.5) is 0 Å². The first kappa shape index (κ1) is 25.5. The fourth-order valence-corrected chi connectivity index (χ4v) is 2.32. The zero-order valence-corrected chi connectivity index (χ0v) is 17.3. The molecule has 0 aromatic heterocycles. The van der Waals surface area contributed by atoms with Gasteiger partial charge < -0.3 is 34.7 Å². The minimum atomic E-state index is 0.0397. The van der Waals surface area contributed by atoms with Gasteiger partial charge in [0.05, 0.1) is 66.1 Å². The summed E-state index contributed by atoms with van der Waals surface area (Å²) in [6.07, 6.45) is 1.24. The SMILES string of the molecule is NCCOCCOCCOCCOCCOCCNC(=O)CCc1ccccc1. The van der Waals surface area contributed by atoms with Gasteiger partial charge >= 0.3 is 0 Å². The number of nitrogens with one attached hydrogen (secondary N) is 1. The van der Waals surface area contributed by atoms with Gasteiger partial charge in [-0.05, 0) is 12.0 Å². The van der Waals surface area contributed by atoms with E-state index >= 15 is 0 Å². The van der Waals surface area contributed by atoms with Crippen molar-refractivity contribution in [1.82, 2.24) is 5.32 Å². The van der Waals surface area contributed by atoms with Crippen molar-refractivity contribution in [2.75, 3.05) is 79.2 Å². The van der Waals surface area contributed by atoms with E-state index in [2.05, 4.69) is 5.32 Å². The van der Waals surface area contributed by atoms with Gasteiger partial charge in [0.25, 0.3) is 0 Å². The molecule has 1 amide bonds. The van der Waals surface area contributed by atoms with E-state index in [1.807, 2.05) is 30.3 Å². The summed E-state index contributed by atoms with van der Waals surface area (Å²) in [5.74, 6) is 0.0397. The molecule has 1 aromatic rings. The largest absolute Gasteiger partial charge is 0.378 e. The maximum Gasteiger partial charge on any atom is 0.220 e. The minimum absolute atomic E-state index is 0.0397. The van der Waals surface area contributed by atoms with Crippen molar-refractivity contribution in [2.24, 2.45) is 5.73 Å². The third kappa shape index (κ3) is 17.1. The highest BCUT2D eigenvalue weighted by molar-refractivity contribution is 5.76. The van der Waals surface area contributed by atoms with E-state index in [0.29, 0.717) is 85.6 Å². The van der Waals surface area contributed by atoms with E-state index in [-0.39, 0.29) is 5.91 Å². The Labute approximate surface area is 174 Å². The summed E-state index contributed by atoms with van der Waals surface area (Å²) >= 11 is 0. The zero-order valence-electron chi connectivity index (χ0n) is 17.3. The lowest BCUT2D eigenvalue weighted by Crippen LogP contribution is -2.27. The average Bonchev–Trinajstić information content (AvgIpc) is 2.75. The summed E-state index contributed by atoms with van der Waals surface area (Å²) in [4.78, 5) is 11.8. The molecule has 8 heteroatoms. The van der Waals surface area contributed by atoms with E-state index in [9.17, 15) is 4.79 Å². The average molecular weight is 413 g/mol. The van der Waals surface area contributed by atoms with Crippen LogP contribution < -0.4 is 11.1 Å². The van der Waals surface area contributed by atoms with Crippen molar-refractivity contribution >= 4 is 5.91 Å². The molecule has 29 heavy (non-hydrogen) atoms. The molecule has 0 aliphatic rings. The molecule has 0 saturated carbocycles. The Morgan fingerprint density at radius 2 is 1.21 bits per heavy atom. The highest BCUT2D eigenvalue weighted by Gasteiger charge is 2.01. The Bertz CT molecular complexity index is 489. The molecule has 3 N–H and O–H groups in total. The van der Waals surface area contributed by atoms with Crippen molar-refractivity contribution in [2.45, 2.75) is 12.8 Å². The second-order valence-electron chi connectivity index (χ2n) is 6.19. The number of aryl methyl sites for hydroxylation is 1. The molecule has 1 aromatic carbocycles. The molecule has 0 unspecified atom stereocenters. The minimum Gasteiger partial charge on any atom is -0.378 e. The molecule has 0 atom stereocenters. The Hall–Kier alpha value is -1.55. The predicted octanol–water partition coefficient (Wildman–Crippen LogP) is 0.777. The van der Waals surface area contributed by atoms with Gasteiger partial charge in [0.2, 0.25) is 5.91 Å². The maximum absolute atomic E-state index is 11.8. The topological polar surface area (TPSA) is 101 Å². The highest BCUT2D eigenvalue weighted by Crippen LogP contribution is 2.01. The predicted molar refractivity (Wildman–Crippen MR) is 111 cm³/mol. The first-order chi connectivity index (χ1) is 14.3. The van der Waals surface area contributed by atoms with Gasteiger partial charge in [-0.3, -0.25) is 4.79 Å². The molecule has 8 nitrogen and oxygen atoms in total. The van der Waals surface area contributed by atoms with Gasteiger partial charge in [-0.2, -0.15) is 0 Å². The number of hydrogen-bond acceptors (Lipinski definition) is 7. The Morgan fingerprint density at radius 1 is 0.724 bits per heavy atom. The highest BCUT2D eigenvalue weighted by atomic mass is 16.6. The number of amides is 1. The number of rotatable bonds is 20. The molecular formula is C21H36N2O6. The van der Waals surface area contributed by atoms with E-state index in [4.69, 9.17) is 29.4 Å². The van der Waals surface area contributed by atoms with Gasteiger partial charge in [0.15, 0.2) is 0 Å². The Kier molecular flexibility index (Phi) is 17.4. The summed E-state index contributed by atoms with van der Waals surface area (Å²) in [5, 5.41) is 2.85. The number of hydrogen-bond donors (Lipinski definition) is 2. The van der Waals surface area contributed by atoms with Crippen LogP contribution in [0.2, 0.25) is 0 Å². The van der Waals surface area contributed by atoms with Crippen molar-refractivity contribution in [3.63, 3.8) is 0 Å². The monoisotopic (exact) mass is 412 g/mol. The molecule has 166 valence electrons. The molecule has 1 rings (SSSR count). The lowest BCUT2D eigenvalue weighted by atomic mass is 10.1. The summed E-state index contributed by atoms with van der Waals surface area (Å²) in [6, 6.07) is 9.98. The molecule has 0 fully saturated rings. The summed E-state index contributed by atoms with van der Waals surface area (Å²) in [7, 11) is 0. The van der Waals surface area contributed by atoms with Crippen LogP contribution in [-0.4, -0.2) is 85.1 Å². The number of carbonyl (C=O) groups is 1. The van der Waals surface area contributed by atoms with Gasteiger partial charge in [0, 0.05) is 19.5 Å². The van der Waals surface area contributed by atoms with Crippen LogP contribution in [-0.2, 0) is 34.9 Å². The second kappa shape index (κ2) is 19.8. The van der Waals surface area contributed by atoms with Gasteiger partial charge in [-0.25, -0.2) is 0 Å². The van der Waals surface area contributed by atoms with E-state index in [1.54, 1.807) is 0 Å². The Balaban J connectivity index is 1.74. The van der Waals surface area contributed by atoms with E-state index < -0.39 is 0 Å². The van der Waals surface area contributed by atoms with Crippen LogP contribution in [0.1, 0.15) is 12.0 Å². The summed E-state index contributed by atoms with van der Waals surface area (Å²) in [5.41, 5.74) is 6.47.